The van der Waals surface area contributed by atoms with Gasteiger partial charge in [-0.1, -0.05) is 0 Å². The van der Waals surface area contributed by atoms with Crippen LogP contribution in [-0.2, 0) is 4.74 Å². The van der Waals surface area contributed by atoms with Crippen LogP contribution in [-0.4, -0.2) is 54.8 Å². The van der Waals surface area contributed by atoms with Crippen molar-refractivity contribution in [2.75, 3.05) is 37.6 Å². The average Bonchev–Trinajstić information content (AvgIpc) is 2.55. The van der Waals surface area contributed by atoms with E-state index in [1.54, 1.807) is 6.07 Å². The van der Waals surface area contributed by atoms with Crippen molar-refractivity contribution in [3.63, 3.8) is 0 Å². The van der Waals surface area contributed by atoms with Crippen molar-refractivity contribution in [3.05, 3.63) is 24.0 Å². The molecule has 5 nitrogen and oxygen atoms in total. The Kier molecular flexibility index (Phi) is 5.14. The highest BCUT2D eigenvalue weighted by Gasteiger charge is 2.26. The molecule has 1 aromatic rings. The van der Waals surface area contributed by atoms with Gasteiger partial charge in [0, 0.05) is 32.7 Å². The summed E-state index contributed by atoms with van der Waals surface area (Å²) in [6.07, 6.45) is 4.97. The van der Waals surface area contributed by atoms with Crippen LogP contribution in [0.3, 0.4) is 0 Å². The number of hydrogen-bond donors (Lipinski definition) is 0. The highest BCUT2D eigenvalue weighted by atomic mass is 16.5. The van der Waals surface area contributed by atoms with Crippen LogP contribution in [0.15, 0.2) is 18.3 Å². The zero-order chi connectivity index (χ0) is 16.2. The topological polar surface area (TPSA) is 52.4 Å². The number of anilines is 1. The number of pyridine rings is 1. The van der Waals surface area contributed by atoms with Crippen LogP contribution in [0.4, 0.5) is 5.69 Å². The molecule has 0 amide bonds. The highest BCUT2D eigenvalue weighted by molar-refractivity contribution is 5.46. The molecule has 0 N–H and O–H groups in total. The molecule has 2 unspecified atom stereocenters. The molecule has 2 aliphatic rings. The van der Waals surface area contributed by atoms with Gasteiger partial charge in [-0.2, -0.15) is 5.26 Å². The molecule has 23 heavy (non-hydrogen) atoms. The first kappa shape index (κ1) is 16.2. The summed E-state index contributed by atoms with van der Waals surface area (Å²) in [6.45, 7) is 9.80. The lowest BCUT2D eigenvalue weighted by atomic mass is 9.95. The molecular formula is C18H26N4O. The van der Waals surface area contributed by atoms with Crippen molar-refractivity contribution in [2.24, 2.45) is 5.92 Å². The zero-order valence-corrected chi connectivity index (χ0v) is 14.1. The van der Waals surface area contributed by atoms with Crippen LogP contribution >= 0.6 is 0 Å². The van der Waals surface area contributed by atoms with E-state index in [9.17, 15) is 0 Å². The third-order valence-electron chi connectivity index (χ3n) is 4.85. The van der Waals surface area contributed by atoms with Crippen molar-refractivity contribution in [1.82, 2.24) is 9.88 Å². The van der Waals surface area contributed by atoms with Crippen LogP contribution in [0.1, 0.15) is 32.4 Å². The molecule has 3 heterocycles. The molecule has 2 fully saturated rings. The first-order valence-electron chi connectivity index (χ1n) is 8.63. The number of aromatic nitrogens is 1. The van der Waals surface area contributed by atoms with Crippen molar-refractivity contribution in [3.8, 4) is 6.07 Å². The lowest BCUT2D eigenvalue weighted by molar-refractivity contribution is -0.0720. The minimum Gasteiger partial charge on any atom is -0.373 e. The largest absolute Gasteiger partial charge is 0.373 e. The summed E-state index contributed by atoms with van der Waals surface area (Å²) < 4.78 is 5.82. The lowest BCUT2D eigenvalue weighted by Gasteiger charge is -2.40. The van der Waals surface area contributed by atoms with E-state index in [0.717, 1.165) is 37.8 Å². The van der Waals surface area contributed by atoms with Gasteiger partial charge in [0.1, 0.15) is 11.8 Å². The highest BCUT2D eigenvalue weighted by Crippen LogP contribution is 2.24. The maximum absolute atomic E-state index is 8.83. The van der Waals surface area contributed by atoms with E-state index in [1.165, 1.54) is 19.4 Å². The summed E-state index contributed by atoms with van der Waals surface area (Å²) in [5.74, 6) is 0.773. The minimum absolute atomic E-state index is 0.351. The van der Waals surface area contributed by atoms with E-state index in [2.05, 4.69) is 34.7 Å². The van der Waals surface area contributed by atoms with Crippen LogP contribution in [0.2, 0.25) is 0 Å². The Morgan fingerprint density at radius 1 is 1.22 bits per heavy atom. The van der Waals surface area contributed by atoms with Crippen molar-refractivity contribution < 1.29 is 4.74 Å². The number of morpholine rings is 1. The average molecular weight is 314 g/mol. The second kappa shape index (κ2) is 7.29. The predicted molar refractivity (Wildman–Crippen MR) is 90.3 cm³/mol. The molecule has 124 valence electrons. The molecular weight excluding hydrogens is 288 g/mol. The Morgan fingerprint density at radius 3 is 2.48 bits per heavy atom. The summed E-state index contributed by atoms with van der Waals surface area (Å²) >= 11 is 0. The van der Waals surface area contributed by atoms with Gasteiger partial charge >= 0.3 is 0 Å². The molecule has 3 rings (SSSR count). The van der Waals surface area contributed by atoms with Crippen molar-refractivity contribution in [2.45, 2.75) is 38.9 Å². The minimum atomic E-state index is 0.351. The number of hydrogen-bond acceptors (Lipinski definition) is 5. The number of nitriles is 1. The lowest BCUT2D eigenvalue weighted by Crippen LogP contribution is -2.48. The number of rotatable bonds is 3. The second-order valence-corrected chi connectivity index (χ2v) is 6.92. The smallest absolute Gasteiger partial charge is 0.140 e. The summed E-state index contributed by atoms with van der Waals surface area (Å²) in [4.78, 5) is 9.13. The van der Waals surface area contributed by atoms with E-state index >= 15 is 0 Å². The third kappa shape index (κ3) is 4.21. The Bertz CT molecular complexity index is 535. The number of ether oxygens (including phenoxy) is 1. The first-order valence-corrected chi connectivity index (χ1v) is 8.63. The van der Waals surface area contributed by atoms with Crippen molar-refractivity contribution in [1.29, 1.82) is 5.26 Å². The molecule has 5 heteroatoms. The second-order valence-electron chi connectivity index (χ2n) is 6.92. The third-order valence-corrected chi connectivity index (χ3v) is 4.85. The van der Waals surface area contributed by atoms with Gasteiger partial charge in [0.05, 0.1) is 24.1 Å². The van der Waals surface area contributed by atoms with Crippen LogP contribution in [0.25, 0.3) is 0 Å². The fourth-order valence-electron chi connectivity index (χ4n) is 3.81. The summed E-state index contributed by atoms with van der Waals surface area (Å²) in [5, 5.41) is 8.83. The maximum Gasteiger partial charge on any atom is 0.140 e. The van der Waals surface area contributed by atoms with Gasteiger partial charge in [-0.3, -0.25) is 4.90 Å². The maximum atomic E-state index is 8.83. The molecule has 0 aromatic carbocycles. The van der Waals surface area contributed by atoms with E-state index in [1.807, 2.05) is 12.3 Å². The monoisotopic (exact) mass is 314 g/mol. The quantitative estimate of drug-likeness (QED) is 0.857. The molecule has 2 atom stereocenters. The van der Waals surface area contributed by atoms with Gasteiger partial charge in [-0.25, -0.2) is 4.98 Å². The van der Waals surface area contributed by atoms with Crippen LogP contribution in [0, 0.1) is 17.2 Å². The zero-order valence-electron chi connectivity index (χ0n) is 14.1. The first-order chi connectivity index (χ1) is 11.1. The van der Waals surface area contributed by atoms with E-state index in [0.29, 0.717) is 17.9 Å². The molecule has 0 saturated carbocycles. The predicted octanol–water partition coefficient (Wildman–Crippen LogP) is 2.28. The van der Waals surface area contributed by atoms with Crippen molar-refractivity contribution >= 4 is 5.69 Å². The Hall–Kier alpha value is -1.64. The van der Waals surface area contributed by atoms with E-state index in [4.69, 9.17) is 10.00 Å². The van der Waals surface area contributed by atoms with E-state index in [-0.39, 0.29) is 0 Å². The molecule has 1 aromatic heterocycles. The van der Waals surface area contributed by atoms with Crippen LogP contribution < -0.4 is 4.90 Å². The Morgan fingerprint density at radius 2 is 1.91 bits per heavy atom. The van der Waals surface area contributed by atoms with Gasteiger partial charge in [0.25, 0.3) is 0 Å². The van der Waals surface area contributed by atoms with Crippen LogP contribution in [0.5, 0.6) is 0 Å². The molecule has 0 spiro atoms. The summed E-state index contributed by atoms with van der Waals surface area (Å²) in [6, 6.07) is 5.89. The summed E-state index contributed by atoms with van der Waals surface area (Å²) in [7, 11) is 0. The number of piperidine rings is 1. The fourth-order valence-corrected chi connectivity index (χ4v) is 3.81. The number of nitrogens with zero attached hydrogens (tertiary/aromatic N) is 4. The normalized spacial score (nSPS) is 26.9. The Balaban J connectivity index is 1.49. The molecule has 2 aliphatic heterocycles. The van der Waals surface area contributed by atoms with Gasteiger partial charge < -0.3 is 9.64 Å². The fraction of sp³-hybridized carbons (Fsp3) is 0.667. The van der Waals surface area contributed by atoms with E-state index < -0.39 is 0 Å². The van der Waals surface area contributed by atoms with Gasteiger partial charge in [-0.15, -0.1) is 0 Å². The van der Waals surface area contributed by atoms with Gasteiger partial charge in [0.15, 0.2) is 0 Å². The molecule has 0 aliphatic carbocycles. The van der Waals surface area contributed by atoms with Gasteiger partial charge in [-0.05, 0) is 44.7 Å². The molecule has 2 saturated heterocycles. The standard InChI is InChI=1S/C18H26N4O/c1-14-11-21(12-15(2)23-14)13-16-5-7-22(8-6-16)18-4-3-17(9-19)20-10-18/h3-4,10,14-16H,5-8,11-13H2,1-2H3. The SMILES string of the molecule is CC1CN(CC2CCN(c3ccc(C#N)nc3)CC2)CC(C)O1. The Labute approximate surface area is 138 Å². The molecule has 0 radical (unpaired) electrons. The summed E-state index contributed by atoms with van der Waals surface area (Å²) in [5.41, 5.74) is 1.62. The van der Waals surface area contributed by atoms with Gasteiger partial charge in [0.2, 0.25) is 0 Å². The molecule has 0 bridgehead atoms.